The molecule has 1 aromatic rings. The number of aliphatic imine (C=N–C) groups is 1. The van der Waals surface area contributed by atoms with Crippen molar-refractivity contribution < 1.29 is 33.0 Å². The summed E-state index contributed by atoms with van der Waals surface area (Å²) in [5.74, 6) is -0.0270. The number of hydrogen-bond donors (Lipinski definition) is 3. The van der Waals surface area contributed by atoms with Crippen LogP contribution in [0.3, 0.4) is 0 Å². The first-order valence-electron chi connectivity index (χ1n) is 13.0. The van der Waals surface area contributed by atoms with Crippen molar-refractivity contribution in [3.8, 4) is 0 Å². The third-order valence-corrected chi connectivity index (χ3v) is 6.20. The number of rotatable bonds is 9. The van der Waals surface area contributed by atoms with Crippen LogP contribution in [-0.2, 0) is 9.47 Å². The lowest BCUT2D eigenvalue weighted by atomic mass is 9.88. The molecule has 1 aliphatic carbocycles. The van der Waals surface area contributed by atoms with Gasteiger partial charge >= 0.3 is 12.7 Å². The Kier molecular flexibility index (Phi) is 10.7. The summed E-state index contributed by atoms with van der Waals surface area (Å²) in [6.45, 7) is 3.19. The molecule has 11 nitrogen and oxygen atoms in total. The summed E-state index contributed by atoms with van der Waals surface area (Å²) in [5.41, 5.74) is -0.462. The van der Waals surface area contributed by atoms with E-state index in [-0.39, 0.29) is 48.5 Å². The van der Waals surface area contributed by atoms with Crippen LogP contribution in [0.15, 0.2) is 11.2 Å². The van der Waals surface area contributed by atoms with Crippen molar-refractivity contribution >= 4 is 30.0 Å². The van der Waals surface area contributed by atoms with E-state index in [1.807, 2.05) is 0 Å². The highest BCUT2D eigenvalue weighted by Crippen LogP contribution is 2.25. The molecule has 0 unspecified atom stereocenters. The van der Waals surface area contributed by atoms with Gasteiger partial charge in [0.2, 0.25) is 5.95 Å². The summed E-state index contributed by atoms with van der Waals surface area (Å²) in [7, 11) is 0. The molecule has 1 saturated carbocycles. The van der Waals surface area contributed by atoms with E-state index in [4.69, 9.17) is 4.74 Å². The molecule has 3 N–H and O–H groups in total. The van der Waals surface area contributed by atoms with Crippen molar-refractivity contribution in [3.63, 3.8) is 0 Å². The number of likely N-dealkylation sites (tertiary alicyclic amines) is 1. The predicted octanol–water partition coefficient (Wildman–Crippen LogP) is 3.51. The molecule has 38 heavy (non-hydrogen) atoms. The average Bonchev–Trinajstić information content (AvgIpc) is 2.85. The Morgan fingerprint density at radius 3 is 2.68 bits per heavy atom. The third kappa shape index (κ3) is 9.75. The third-order valence-electron chi connectivity index (χ3n) is 6.20. The van der Waals surface area contributed by atoms with E-state index in [9.17, 15) is 23.5 Å². The lowest BCUT2D eigenvalue weighted by Crippen LogP contribution is -2.50. The predicted molar refractivity (Wildman–Crippen MR) is 137 cm³/mol. The Morgan fingerprint density at radius 2 is 2.00 bits per heavy atom. The molecule has 2 aliphatic rings. The van der Waals surface area contributed by atoms with Crippen molar-refractivity contribution in [2.45, 2.75) is 83.7 Å². The summed E-state index contributed by atoms with van der Waals surface area (Å²) in [6.07, 6.45) is 6.66. The van der Waals surface area contributed by atoms with Crippen LogP contribution in [0.1, 0.15) is 69.7 Å². The van der Waals surface area contributed by atoms with Crippen molar-refractivity contribution in [2.75, 3.05) is 31.6 Å². The average molecular weight is 541 g/mol. The number of aromatic nitrogens is 2. The number of halogens is 2. The second-order valence-corrected chi connectivity index (χ2v) is 10.6. The molecule has 1 atom stereocenters. The van der Waals surface area contributed by atoms with Gasteiger partial charge in [0.25, 0.3) is 5.91 Å². The van der Waals surface area contributed by atoms with Crippen molar-refractivity contribution in [1.82, 2.24) is 20.2 Å². The van der Waals surface area contributed by atoms with Gasteiger partial charge < -0.3 is 30.1 Å². The lowest BCUT2D eigenvalue weighted by Gasteiger charge is -2.34. The van der Waals surface area contributed by atoms with Gasteiger partial charge in [-0.1, -0.05) is 0 Å². The van der Waals surface area contributed by atoms with Crippen LogP contribution in [0.2, 0.25) is 0 Å². The van der Waals surface area contributed by atoms with E-state index in [2.05, 4.69) is 30.3 Å². The number of aliphatic hydroxyl groups excluding tert-OH is 1. The molecular weight excluding hydrogens is 502 g/mol. The second kappa shape index (κ2) is 13.7. The minimum absolute atomic E-state index is 0.0438. The molecule has 13 heteroatoms. The highest BCUT2D eigenvalue weighted by molar-refractivity contribution is 5.98. The number of nitrogens with one attached hydrogen (secondary N) is 2. The zero-order valence-corrected chi connectivity index (χ0v) is 22.2. The van der Waals surface area contributed by atoms with Crippen LogP contribution in [0.4, 0.5) is 25.3 Å². The van der Waals surface area contributed by atoms with Gasteiger partial charge in [0.1, 0.15) is 11.2 Å². The van der Waals surface area contributed by atoms with Gasteiger partial charge in [-0.05, 0) is 65.2 Å². The normalized spacial score (nSPS) is 22.5. The fourth-order valence-electron chi connectivity index (χ4n) is 4.30. The number of anilines is 1. The van der Waals surface area contributed by atoms with Crippen LogP contribution < -0.4 is 10.6 Å². The number of ether oxygens (including phenoxy) is 2. The van der Waals surface area contributed by atoms with Crippen LogP contribution in [0.5, 0.6) is 0 Å². The molecule has 1 aliphatic heterocycles. The molecule has 0 radical (unpaired) electrons. The van der Waals surface area contributed by atoms with Gasteiger partial charge in [-0.15, -0.1) is 0 Å². The van der Waals surface area contributed by atoms with Gasteiger partial charge in [-0.25, -0.2) is 14.8 Å². The minimum atomic E-state index is -2.87. The largest absolute Gasteiger partial charge is 0.444 e. The van der Waals surface area contributed by atoms with Crippen molar-refractivity contribution in [1.29, 1.82) is 0 Å². The summed E-state index contributed by atoms with van der Waals surface area (Å²) in [5, 5.41) is 15.5. The molecule has 2 fully saturated rings. The SMILES string of the molecule is CC(C)(C)OC(=O)N1CCC[C@H](NC(=O)c2cnc(NCCOC(F)F)nc2/N=C\C2CCC(O)CC2)C1. The Bertz CT molecular complexity index is 966. The number of carbonyl (C=O) groups is 2. The topological polar surface area (TPSA) is 138 Å². The molecule has 0 bridgehead atoms. The van der Waals surface area contributed by atoms with E-state index < -0.39 is 24.2 Å². The Balaban J connectivity index is 1.70. The van der Waals surface area contributed by atoms with E-state index in [1.165, 1.54) is 6.20 Å². The van der Waals surface area contributed by atoms with Gasteiger partial charge in [-0.2, -0.15) is 13.8 Å². The molecule has 1 aromatic heterocycles. The number of piperidine rings is 1. The fraction of sp³-hybridized carbons (Fsp3) is 0.720. The Morgan fingerprint density at radius 1 is 1.26 bits per heavy atom. The lowest BCUT2D eigenvalue weighted by molar-refractivity contribution is -0.125. The maximum Gasteiger partial charge on any atom is 0.410 e. The van der Waals surface area contributed by atoms with Crippen LogP contribution in [0, 0.1) is 5.92 Å². The quantitative estimate of drug-likeness (QED) is 0.320. The number of carbonyl (C=O) groups excluding carboxylic acids is 2. The highest BCUT2D eigenvalue weighted by Gasteiger charge is 2.29. The molecule has 212 valence electrons. The van der Waals surface area contributed by atoms with Gasteiger partial charge in [0.15, 0.2) is 5.82 Å². The Labute approximate surface area is 221 Å². The second-order valence-electron chi connectivity index (χ2n) is 10.6. The van der Waals surface area contributed by atoms with Crippen molar-refractivity contribution in [2.24, 2.45) is 10.9 Å². The molecule has 2 amide bonds. The zero-order chi connectivity index (χ0) is 27.7. The molecule has 0 spiro atoms. The highest BCUT2D eigenvalue weighted by atomic mass is 19.3. The van der Waals surface area contributed by atoms with Crippen molar-refractivity contribution in [3.05, 3.63) is 11.8 Å². The Hall–Kier alpha value is -2.93. The summed E-state index contributed by atoms with van der Waals surface area (Å²) >= 11 is 0. The first-order valence-corrected chi connectivity index (χ1v) is 13.0. The van der Waals surface area contributed by atoms with Crippen LogP contribution >= 0.6 is 0 Å². The molecule has 1 saturated heterocycles. The first-order chi connectivity index (χ1) is 18.0. The molecule has 2 heterocycles. The van der Waals surface area contributed by atoms with E-state index >= 15 is 0 Å². The van der Waals surface area contributed by atoms with E-state index in [0.717, 1.165) is 12.8 Å². The van der Waals surface area contributed by atoms with Crippen LogP contribution in [0.25, 0.3) is 0 Å². The maximum absolute atomic E-state index is 13.2. The zero-order valence-electron chi connectivity index (χ0n) is 22.2. The maximum atomic E-state index is 13.2. The van der Waals surface area contributed by atoms with E-state index in [1.54, 1.807) is 31.9 Å². The summed E-state index contributed by atoms with van der Waals surface area (Å²) in [6, 6.07) is -0.287. The van der Waals surface area contributed by atoms with Gasteiger partial charge in [-0.3, -0.25) is 4.79 Å². The number of amides is 2. The van der Waals surface area contributed by atoms with Crippen LogP contribution in [-0.4, -0.2) is 88.8 Å². The fourth-order valence-corrected chi connectivity index (χ4v) is 4.30. The minimum Gasteiger partial charge on any atom is -0.444 e. The molecule has 3 rings (SSSR count). The number of hydrogen-bond acceptors (Lipinski definition) is 9. The molecule has 0 aromatic carbocycles. The van der Waals surface area contributed by atoms with Gasteiger partial charge in [0, 0.05) is 38.1 Å². The number of alkyl halides is 2. The standard InChI is InChI=1S/C25H38F2N6O5/c1-25(2,3)38-24(36)33-11-4-5-17(15-33)31-21(35)19-14-30-23(28-10-12-37-22(26)27)32-20(19)29-13-16-6-8-18(34)9-7-16/h13-14,16-18,22,34H,4-12,15H2,1-3H3,(H,31,35)(H,28,30,32)/b29-13-/t16?,17-,18?/m0/s1. The van der Waals surface area contributed by atoms with E-state index in [0.29, 0.717) is 38.8 Å². The first kappa shape index (κ1) is 29.6. The summed E-state index contributed by atoms with van der Waals surface area (Å²) in [4.78, 5) is 40.2. The number of aliphatic hydroxyl groups is 1. The monoisotopic (exact) mass is 540 g/mol. The summed E-state index contributed by atoms with van der Waals surface area (Å²) < 4.78 is 34.1. The van der Waals surface area contributed by atoms with Gasteiger partial charge in [0.05, 0.1) is 12.7 Å². The number of nitrogens with zero attached hydrogens (tertiary/aromatic N) is 4. The molecular formula is C25H38F2N6O5. The smallest absolute Gasteiger partial charge is 0.410 e.